The molecule has 0 saturated heterocycles. The molecule has 1 N–H and O–H groups in total. The predicted molar refractivity (Wildman–Crippen MR) is 81.9 cm³/mol. The van der Waals surface area contributed by atoms with Gasteiger partial charge in [-0.1, -0.05) is 12.1 Å². The number of carbonyl (C=O) groups excluding carboxylic acids is 1. The number of sulfonamides is 1. The molecule has 0 unspecified atom stereocenters. The molecule has 0 atom stereocenters. The topological polar surface area (TPSA) is 68.2 Å². The minimum Gasteiger partial charge on any atom is -0.319 e. The van der Waals surface area contributed by atoms with Crippen LogP contribution < -0.4 is 4.72 Å². The number of nitrogens with one attached hydrogen (secondary N) is 1. The van der Waals surface area contributed by atoms with Crippen molar-refractivity contribution in [3.05, 3.63) is 53.3 Å². The van der Waals surface area contributed by atoms with E-state index in [-0.39, 0.29) is 6.42 Å². The zero-order chi connectivity index (χ0) is 15.6. The van der Waals surface area contributed by atoms with Crippen molar-refractivity contribution in [3.63, 3.8) is 0 Å². The van der Waals surface area contributed by atoms with Gasteiger partial charge in [0.05, 0.1) is 12.7 Å². The summed E-state index contributed by atoms with van der Waals surface area (Å²) in [6, 6.07) is 11.6. The molecule has 0 fully saturated rings. The van der Waals surface area contributed by atoms with E-state index in [0.29, 0.717) is 0 Å². The minimum atomic E-state index is -3.50. The third-order valence-corrected chi connectivity index (χ3v) is 3.73. The number of hydrogen-bond donors (Lipinski definition) is 1. The molecule has 6 heteroatoms. The molecule has 1 aromatic carbocycles. The molecule has 0 spiro atoms. The van der Waals surface area contributed by atoms with Crippen molar-refractivity contribution in [2.75, 3.05) is 6.26 Å². The van der Waals surface area contributed by atoms with Crippen molar-refractivity contribution < 1.29 is 13.2 Å². The van der Waals surface area contributed by atoms with Crippen molar-refractivity contribution in [3.8, 4) is 5.69 Å². The average Bonchev–Trinajstić information content (AvgIpc) is 2.68. The highest BCUT2D eigenvalue weighted by Crippen LogP contribution is 2.17. The van der Waals surface area contributed by atoms with Gasteiger partial charge in [-0.15, -0.1) is 0 Å². The van der Waals surface area contributed by atoms with Gasteiger partial charge in [0.25, 0.3) is 0 Å². The second-order valence-corrected chi connectivity index (χ2v) is 6.84. The summed E-state index contributed by atoms with van der Waals surface area (Å²) >= 11 is 0. The lowest BCUT2D eigenvalue weighted by atomic mass is 10.1. The van der Waals surface area contributed by atoms with E-state index in [1.165, 1.54) is 0 Å². The number of amides is 1. The van der Waals surface area contributed by atoms with Crippen LogP contribution in [0.5, 0.6) is 0 Å². The minimum absolute atomic E-state index is 0.0387. The lowest BCUT2D eigenvalue weighted by Crippen LogP contribution is -2.30. The Balaban J connectivity index is 2.15. The van der Waals surface area contributed by atoms with Crippen molar-refractivity contribution in [1.82, 2.24) is 9.29 Å². The number of carbonyl (C=O) groups is 1. The van der Waals surface area contributed by atoms with Crippen LogP contribution in [0.1, 0.15) is 17.0 Å². The maximum atomic E-state index is 11.6. The summed E-state index contributed by atoms with van der Waals surface area (Å²) in [4.78, 5) is 11.6. The first-order valence-electron chi connectivity index (χ1n) is 6.51. The average molecular weight is 306 g/mol. The fourth-order valence-corrected chi connectivity index (χ4v) is 2.75. The Hall–Kier alpha value is -2.08. The highest BCUT2D eigenvalue weighted by Gasteiger charge is 2.09. The quantitative estimate of drug-likeness (QED) is 0.935. The summed E-state index contributed by atoms with van der Waals surface area (Å²) in [5.74, 6) is -0.529. The molecule has 1 heterocycles. The first-order chi connectivity index (χ1) is 9.76. The molecule has 21 heavy (non-hydrogen) atoms. The molecule has 1 amide bonds. The summed E-state index contributed by atoms with van der Waals surface area (Å²) < 4.78 is 26.0. The van der Waals surface area contributed by atoms with Gasteiger partial charge >= 0.3 is 0 Å². The Labute approximate surface area is 124 Å². The van der Waals surface area contributed by atoms with E-state index in [0.717, 1.165) is 28.9 Å². The molecule has 0 radical (unpaired) electrons. The summed E-state index contributed by atoms with van der Waals surface area (Å²) in [6.07, 6.45) is 1.00. The van der Waals surface area contributed by atoms with E-state index in [1.807, 2.05) is 55.0 Å². The van der Waals surface area contributed by atoms with Crippen molar-refractivity contribution in [1.29, 1.82) is 0 Å². The Kier molecular flexibility index (Phi) is 4.18. The molecular formula is C15H18N2O3S. The Bertz CT molecular complexity index is 739. The molecule has 0 aliphatic carbocycles. The maximum Gasteiger partial charge on any atom is 0.237 e. The van der Waals surface area contributed by atoms with Crippen LogP contribution in [0.2, 0.25) is 0 Å². The summed E-state index contributed by atoms with van der Waals surface area (Å²) in [7, 11) is -3.50. The van der Waals surface area contributed by atoms with Crippen LogP contribution in [0.4, 0.5) is 0 Å². The van der Waals surface area contributed by atoms with Gasteiger partial charge in [0.1, 0.15) is 0 Å². The van der Waals surface area contributed by atoms with Crippen molar-refractivity contribution in [2.24, 2.45) is 0 Å². The third-order valence-electron chi connectivity index (χ3n) is 3.13. The predicted octanol–water partition coefficient (Wildman–Crippen LogP) is 1.71. The molecule has 0 saturated carbocycles. The van der Waals surface area contributed by atoms with Gasteiger partial charge in [-0.3, -0.25) is 9.52 Å². The van der Waals surface area contributed by atoms with E-state index in [2.05, 4.69) is 4.57 Å². The molecule has 0 aliphatic rings. The molecule has 0 bridgehead atoms. The van der Waals surface area contributed by atoms with E-state index in [9.17, 15) is 13.2 Å². The van der Waals surface area contributed by atoms with Crippen LogP contribution in [-0.4, -0.2) is 25.1 Å². The van der Waals surface area contributed by atoms with Crippen LogP contribution in [0.15, 0.2) is 36.4 Å². The number of nitrogens with zero attached hydrogens (tertiary/aromatic N) is 1. The number of aryl methyl sites for hydroxylation is 2. The van der Waals surface area contributed by atoms with E-state index in [4.69, 9.17) is 0 Å². The number of hydrogen-bond acceptors (Lipinski definition) is 3. The first kappa shape index (κ1) is 15.3. The zero-order valence-electron chi connectivity index (χ0n) is 12.3. The Morgan fingerprint density at radius 3 is 2.05 bits per heavy atom. The maximum absolute atomic E-state index is 11.6. The lowest BCUT2D eigenvalue weighted by Gasteiger charge is -2.10. The fourth-order valence-electron chi connectivity index (χ4n) is 2.27. The number of aromatic nitrogens is 1. The van der Waals surface area contributed by atoms with Crippen LogP contribution in [0.3, 0.4) is 0 Å². The Morgan fingerprint density at radius 1 is 1.05 bits per heavy atom. The van der Waals surface area contributed by atoms with Gasteiger partial charge < -0.3 is 4.57 Å². The van der Waals surface area contributed by atoms with Crippen molar-refractivity contribution >= 4 is 15.9 Å². The highest BCUT2D eigenvalue weighted by atomic mass is 32.2. The highest BCUT2D eigenvalue weighted by molar-refractivity contribution is 7.89. The van der Waals surface area contributed by atoms with Gasteiger partial charge in [0.15, 0.2) is 0 Å². The van der Waals surface area contributed by atoms with Crippen LogP contribution in [0, 0.1) is 13.8 Å². The SMILES string of the molecule is Cc1ccc(C)n1-c1ccc(CC(=O)NS(C)(=O)=O)cc1. The summed E-state index contributed by atoms with van der Waals surface area (Å²) in [5.41, 5.74) is 4.05. The second kappa shape index (κ2) is 5.73. The molecule has 1 aromatic heterocycles. The fraction of sp³-hybridized carbons (Fsp3) is 0.267. The first-order valence-corrected chi connectivity index (χ1v) is 8.40. The Morgan fingerprint density at radius 2 is 1.57 bits per heavy atom. The standard InChI is InChI=1S/C15H18N2O3S/c1-11-4-5-12(2)17(11)14-8-6-13(7-9-14)10-15(18)16-21(3,19)20/h4-9H,10H2,1-3H3,(H,16,18). The molecule has 0 aliphatic heterocycles. The van der Waals surface area contributed by atoms with Crippen LogP contribution >= 0.6 is 0 Å². The van der Waals surface area contributed by atoms with Gasteiger partial charge in [0, 0.05) is 17.1 Å². The molecular weight excluding hydrogens is 288 g/mol. The van der Waals surface area contributed by atoms with Gasteiger partial charge in [-0.25, -0.2) is 8.42 Å². The summed E-state index contributed by atoms with van der Waals surface area (Å²) in [5, 5.41) is 0. The molecule has 2 rings (SSSR count). The molecule has 112 valence electrons. The van der Waals surface area contributed by atoms with Gasteiger partial charge in [-0.05, 0) is 43.7 Å². The second-order valence-electron chi connectivity index (χ2n) is 5.09. The van der Waals surface area contributed by atoms with Gasteiger partial charge in [0.2, 0.25) is 15.9 Å². The third kappa shape index (κ3) is 3.95. The van der Waals surface area contributed by atoms with E-state index < -0.39 is 15.9 Å². The smallest absolute Gasteiger partial charge is 0.237 e. The lowest BCUT2D eigenvalue weighted by molar-refractivity contribution is -0.118. The van der Waals surface area contributed by atoms with E-state index >= 15 is 0 Å². The normalized spacial score (nSPS) is 11.4. The van der Waals surface area contributed by atoms with Crippen molar-refractivity contribution in [2.45, 2.75) is 20.3 Å². The van der Waals surface area contributed by atoms with Gasteiger partial charge in [-0.2, -0.15) is 0 Å². The van der Waals surface area contributed by atoms with Crippen LogP contribution in [0.25, 0.3) is 5.69 Å². The van der Waals surface area contributed by atoms with E-state index in [1.54, 1.807) is 0 Å². The zero-order valence-corrected chi connectivity index (χ0v) is 13.1. The number of benzene rings is 1. The molecule has 2 aromatic rings. The summed E-state index contributed by atoms with van der Waals surface area (Å²) in [6.45, 7) is 4.06. The molecule has 5 nitrogen and oxygen atoms in total. The number of rotatable bonds is 4. The monoisotopic (exact) mass is 306 g/mol. The largest absolute Gasteiger partial charge is 0.319 e. The van der Waals surface area contributed by atoms with Crippen LogP contribution in [-0.2, 0) is 21.2 Å².